The molecule has 1 atom stereocenters. The number of anilines is 1. The average molecular weight is 345 g/mol. The van der Waals surface area contributed by atoms with E-state index in [1.807, 2.05) is 6.92 Å². The third-order valence-electron chi connectivity index (χ3n) is 4.30. The summed E-state index contributed by atoms with van der Waals surface area (Å²) in [5, 5.41) is 9.20. The second-order valence-corrected chi connectivity index (χ2v) is 6.01. The number of hydrogen-bond acceptors (Lipinski definition) is 4. The van der Waals surface area contributed by atoms with E-state index in [0.717, 1.165) is 6.42 Å². The monoisotopic (exact) mass is 345 g/mol. The number of likely N-dealkylation sites (tertiary alicyclic amines) is 1. The number of rotatable bonds is 4. The maximum atomic E-state index is 13.8. The minimum Gasteiger partial charge on any atom is -0.342 e. The second kappa shape index (κ2) is 7.42. The lowest BCUT2D eigenvalue weighted by atomic mass is 9.97. The molecule has 3 rings (SSSR count). The Morgan fingerprint density at radius 3 is 2.96 bits per heavy atom. The van der Waals surface area contributed by atoms with Gasteiger partial charge in [0.05, 0.1) is 11.5 Å². The van der Waals surface area contributed by atoms with Gasteiger partial charge in [-0.3, -0.25) is 20.0 Å². The molecule has 1 aromatic heterocycles. The molecule has 0 spiro atoms. The summed E-state index contributed by atoms with van der Waals surface area (Å²) in [7, 11) is 0. The maximum absolute atomic E-state index is 13.8. The lowest BCUT2D eigenvalue weighted by molar-refractivity contribution is -0.134. The average Bonchev–Trinajstić information content (AvgIpc) is 3.09. The molecule has 2 amide bonds. The van der Waals surface area contributed by atoms with Crippen molar-refractivity contribution in [3.05, 3.63) is 30.1 Å². The third-order valence-corrected chi connectivity index (χ3v) is 4.30. The quantitative estimate of drug-likeness (QED) is 0.889. The van der Waals surface area contributed by atoms with Crippen molar-refractivity contribution in [1.29, 1.82) is 0 Å². The van der Waals surface area contributed by atoms with E-state index in [2.05, 4.69) is 20.5 Å². The third kappa shape index (κ3) is 3.84. The first-order chi connectivity index (χ1) is 12.1. The smallest absolute Gasteiger partial charge is 0.249 e. The number of amides is 2. The fraction of sp³-hybridized carbons (Fsp3) is 0.412. The van der Waals surface area contributed by atoms with Gasteiger partial charge in [0.25, 0.3) is 0 Å². The number of nitrogens with zero attached hydrogens (tertiary/aromatic N) is 3. The number of hydrogen-bond donors (Lipinski definition) is 2. The highest BCUT2D eigenvalue weighted by Gasteiger charge is 2.28. The van der Waals surface area contributed by atoms with Gasteiger partial charge >= 0.3 is 0 Å². The molecule has 0 saturated carbocycles. The van der Waals surface area contributed by atoms with E-state index in [1.165, 1.54) is 6.07 Å². The molecule has 0 bridgehead atoms. The zero-order valence-corrected chi connectivity index (χ0v) is 14.0. The minimum atomic E-state index is -0.419. The maximum Gasteiger partial charge on any atom is 0.249 e. The summed E-state index contributed by atoms with van der Waals surface area (Å²) < 4.78 is 13.8. The summed E-state index contributed by atoms with van der Waals surface area (Å²) in [5.41, 5.74) is 0.285. The molecular weight excluding hydrogens is 325 g/mol. The van der Waals surface area contributed by atoms with Gasteiger partial charge in [0.15, 0.2) is 5.82 Å². The fourth-order valence-corrected chi connectivity index (χ4v) is 2.94. The Hall–Kier alpha value is -2.77. The van der Waals surface area contributed by atoms with Crippen LogP contribution in [0, 0.1) is 11.7 Å². The minimum absolute atomic E-state index is 0.0530. The Kier molecular flexibility index (Phi) is 5.06. The standard InChI is InChI=1S/C17H20FN5O2/c1-2-14(24)23-9-5-6-11(10-23)16(25)20-17-19-15(21-22-17)12-7-3-4-8-13(12)18/h3-4,7-8,11H,2,5-6,9-10H2,1H3,(H2,19,20,21,22,25)/t11-/m0/s1. The summed E-state index contributed by atoms with van der Waals surface area (Å²) in [6.45, 7) is 2.90. The Balaban J connectivity index is 1.66. The van der Waals surface area contributed by atoms with Gasteiger partial charge in [-0.15, -0.1) is 5.10 Å². The number of halogens is 1. The van der Waals surface area contributed by atoms with Crippen LogP contribution in [0.1, 0.15) is 26.2 Å². The molecule has 1 saturated heterocycles. The molecule has 1 aliphatic rings. The number of benzene rings is 1. The summed E-state index contributed by atoms with van der Waals surface area (Å²) in [6, 6.07) is 6.19. The Bertz CT molecular complexity index is 776. The summed E-state index contributed by atoms with van der Waals surface area (Å²) in [5.74, 6) is -0.538. The molecule has 8 heteroatoms. The summed E-state index contributed by atoms with van der Waals surface area (Å²) in [6.07, 6.45) is 1.93. The molecule has 1 aromatic carbocycles. The van der Waals surface area contributed by atoms with Crippen molar-refractivity contribution < 1.29 is 14.0 Å². The number of nitrogens with one attached hydrogen (secondary N) is 2. The van der Waals surface area contributed by atoms with Crippen LogP contribution in [0.4, 0.5) is 10.3 Å². The number of carbonyl (C=O) groups is 2. The van der Waals surface area contributed by atoms with Crippen LogP contribution in [0.15, 0.2) is 24.3 Å². The zero-order chi connectivity index (χ0) is 17.8. The van der Waals surface area contributed by atoms with Crippen molar-refractivity contribution in [3.63, 3.8) is 0 Å². The van der Waals surface area contributed by atoms with E-state index >= 15 is 0 Å². The predicted octanol–water partition coefficient (Wildman–Crippen LogP) is 2.20. The van der Waals surface area contributed by atoms with Crippen LogP contribution in [0.5, 0.6) is 0 Å². The lowest BCUT2D eigenvalue weighted by Crippen LogP contribution is -2.43. The molecule has 2 heterocycles. The molecule has 132 valence electrons. The predicted molar refractivity (Wildman–Crippen MR) is 90.0 cm³/mol. The van der Waals surface area contributed by atoms with E-state index in [4.69, 9.17) is 0 Å². The van der Waals surface area contributed by atoms with Crippen LogP contribution in [-0.4, -0.2) is 45.0 Å². The van der Waals surface area contributed by atoms with Gasteiger partial charge in [-0.25, -0.2) is 4.39 Å². The van der Waals surface area contributed by atoms with Gasteiger partial charge in [-0.2, -0.15) is 4.98 Å². The van der Waals surface area contributed by atoms with Gasteiger partial charge in [-0.1, -0.05) is 19.1 Å². The molecule has 25 heavy (non-hydrogen) atoms. The van der Waals surface area contributed by atoms with Crippen LogP contribution in [0.3, 0.4) is 0 Å². The number of carbonyl (C=O) groups excluding carboxylic acids is 2. The molecule has 0 radical (unpaired) electrons. The normalized spacial score (nSPS) is 17.4. The van der Waals surface area contributed by atoms with Crippen molar-refractivity contribution in [2.45, 2.75) is 26.2 Å². The largest absolute Gasteiger partial charge is 0.342 e. The highest BCUT2D eigenvalue weighted by atomic mass is 19.1. The Labute approximate surface area is 144 Å². The molecule has 0 unspecified atom stereocenters. The molecule has 1 aliphatic heterocycles. The van der Waals surface area contributed by atoms with Crippen LogP contribution in [-0.2, 0) is 9.59 Å². The van der Waals surface area contributed by atoms with Crippen molar-refractivity contribution in [2.75, 3.05) is 18.4 Å². The second-order valence-electron chi connectivity index (χ2n) is 6.01. The summed E-state index contributed by atoms with van der Waals surface area (Å²) in [4.78, 5) is 30.1. The van der Waals surface area contributed by atoms with Gasteiger partial charge in [-0.05, 0) is 25.0 Å². The van der Waals surface area contributed by atoms with Gasteiger partial charge < -0.3 is 4.90 Å². The topological polar surface area (TPSA) is 91.0 Å². The first-order valence-corrected chi connectivity index (χ1v) is 8.34. The van der Waals surface area contributed by atoms with E-state index in [0.29, 0.717) is 25.9 Å². The van der Waals surface area contributed by atoms with Crippen molar-refractivity contribution in [3.8, 4) is 11.4 Å². The van der Waals surface area contributed by atoms with E-state index < -0.39 is 5.82 Å². The van der Waals surface area contributed by atoms with E-state index in [1.54, 1.807) is 23.1 Å². The lowest BCUT2D eigenvalue weighted by Gasteiger charge is -2.31. The van der Waals surface area contributed by atoms with Gasteiger partial charge in [0.2, 0.25) is 17.8 Å². The summed E-state index contributed by atoms with van der Waals surface area (Å²) >= 11 is 0. The SMILES string of the molecule is CCC(=O)N1CCC[C@H](C(=O)Nc2n[nH]c(-c3ccccc3F)n2)C1. The van der Waals surface area contributed by atoms with Crippen molar-refractivity contribution in [1.82, 2.24) is 20.1 Å². The van der Waals surface area contributed by atoms with Crippen LogP contribution >= 0.6 is 0 Å². The molecule has 1 fully saturated rings. The van der Waals surface area contributed by atoms with Crippen LogP contribution in [0.2, 0.25) is 0 Å². The molecule has 2 N–H and O–H groups in total. The van der Waals surface area contributed by atoms with E-state index in [-0.39, 0.29) is 35.1 Å². The first-order valence-electron chi connectivity index (χ1n) is 8.34. The Morgan fingerprint density at radius 2 is 2.20 bits per heavy atom. The highest BCUT2D eigenvalue weighted by Crippen LogP contribution is 2.21. The number of H-pyrrole nitrogens is 1. The van der Waals surface area contributed by atoms with E-state index in [9.17, 15) is 14.0 Å². The fourth-order valence-electron chi connectivity index (χ4n) is 2.94. The Morgan fingerprint density at radius 1 is 1.40 bits per heavy atom. The number of piperidine rings is 1. The number of aromatic nitrogens is 3. The van der Waals surface area contributed by atoms with Crippen molar-refractivity contribution >= 4 is 17.8 Å². The molecule has 0 aliphatic carbocycles. The van der Waals surface area contributed by atoms with Crippen molar-refractivity contribution in [2.24, 2.45) is 5.92 Å². The first kappa shape index (κ1) is 17.1. The molecule has 2 aromatic rings. The van der Waals surface area contributed by atoms with Crippen LogP contribution in [0.25, 0.3) is 11.4 Å². The van der Waals surface area contributed by atoms with Crippen LogP contribution < -0.4 is 5.32 Å². The molecule has 7 nitrogen and oxygen atoms in total. The molecular formula is C17H20FN5O2. The zero-order valence-electron chi connectivity index (χ0n) is 14.0. The van der Waals surface area contributed by atoms with Gasteiger partial charge in [0, 0.05) is 19.5 Å². The van der Waals surface area contributed by atoms with Gasteiger partial charge in [0.1, 0.15) is 5.82 Å². The number of aromatic amines is 1. The highest BCUT2D eigenvalue weighted by molar-refractivity contribution is 5.91.